The number of nitrogens with zero attached hydrogens (tertiary/aromatic N) is 2. The van der Waals surface area contributed by atoms with Gasteiger partial charge in [-0.3, -0.25) is 4.90 Å². The van der Waals surface area contributed by atoms with Crippen LogP contribution in [-0.2, 0) is 6.18 Å². The van der Waals surface area contributed by atoms with Gasteiger partial charge in [0.15, 0.2) is 0 Å². The van der Waals surface area contributed by atoms with Gasteiger partial charge in [-0.05, 0) is 31.2 Å². The minimum absolute atomic E-state index is 0.566. The highest BCUT2D eigenvalue weighted by molar-refractivity contribution is 5.49. The first-order chi connectivity index (χ1) is 9.50. The molecule has 0 aliphatic carbocycles. The molecule has 1 aromatic carbocycles. The third-order valence-corrected chi connectivity index (χ3v) is 3.74. The maximum atomic E-state index is 12.7. The van der Waals surface area contributed by atoms with E-state index in [-0.39, 0.29) is 0 Å². The molecular formula is C15H21F3N2. The lowest BCUT2D eigenvalue weighted by Gasteiger charge is -2.36. The van der Waals surface area contributed by atoms with Gasteiger partial charge in [-0.1, -0.05) is 19.4 Å². The summed E-state index contributed by atoms with van der Waals surface area (Å²) in [7, 11) is 0. The average Bonchev–Trinajstić information content (AvgIpc) is 2.45. The lowest BCUT2D eigenvalue weighted by atomic mass is 10.1. The standard InChI is InChI=1S/C15H21F3N2/c1-2-3-7-19-8-10-20(11-9-19)14-6-4-5-13(12-14)15(16,17)18/h4-6,12H,2-3,7-11H2,1H3. The van der Waals surface area contributed by atoms with Gasteiger partial charge in [0.05, 0.1) is 5.56 Å². The van der Waals surface area contributed by atoms with Crippen LogP contribution in [0, 0.1) is 0 Å². The molecule has 1 saturated heterocycles. The average molecular weight is 286 g/mol. The molecule has 2 nitrogen and oxygen atoms in total. The quantitative estimate of drug-likeness (QED) is 0.834. The number of hydrogen-bond acceptors (Lipinski definition) is 2. The Labute approximate surface area is 118 Å². The topological polar surface area (TPSA) is 6.48 Å². The van der Waals surface area contributed by atoms with E-state index in [0.29, 0.717) is 5.69 Å². The van der Waals surface area contributed by atoms with Crippen molar-refractivity contribution in [3.63, 3.8) is 0 Å². The molecule has 0 amide bonds. The summed E-state index contributed by atoms with van der Waals surface area (Å²) in [6.07, 6.45) is -1.91. The Morgan fingerprint density at radius 3 is 2.40 bits per heavy atom. The van der Waals surface area contributed by atoms with E-state index < -0.39 is 11.7 Å². The van der Waals surface area contributed by atoms with Gasteiger partial charge in [0.1, 0.15) is 0 Å². The Hall–Kier alpha value is -1.23. The second kappa shape index (κ2) is 6.48. The fourth-order valence-corrected chi connectivity index (χ4v) is 2.49. The van der Waals surface area contributed by atoms with E-state index >= 15 is 0 Å². The number of anilines is 1. The van der Waals surface area contributed by atoms with Crippen molar-refractivity contribution in [3.05, 3.63) is 29.8 Å². The molecule has 0 spiro atoms. The molecule has 2 rings (SSSR count). The molecule has 0 saturated carbocycles. The fourth-order valence-electron chi connectivity index (χ4n) is 2.49. The molecule has 20 heavy (non-hydrogen) atoms. The lowest BCUT2D eigenvalue weighted by molar-refractivity contribution is -0.137. The van der Waals surface area contributed by atoms with Crippen molar-refractivity contribution in [2.24, 2.45) is 0 Å². The monoisotopic (exact) mass is 286 g/mol. The highest BCUT2D eigenvalue weighted by atomic mass is 19.4. The predicted octanol–water partition coefficient (Wildman–Crippen LogP) is 3.63. The number of benzene rings is 1. The molecule has 0 aromatic heterocycles. The summed E-state index contributed by atoms with van der Waals surface area (Å²) in [5, 5.41) is 0. The number of halogens is 3. The summed E-state index contributed by atoms with van der Waals surface area (Å²) in [6, 6.07) is 5.63. The summed E-state index contributed by atoms with van der Waals surface area (Å²) in [5.41, 5.74) is 0.110. The number of unbranched alkanes of at least 4 members (excludes halogenated alkanes) is 1. The zero-order valence-electron chi connectivity index (χ0n) is 11.8. The molecule has 1 aliphatic heterocycles. The Morgan fingerprint density at radius 2 is 1.80 bits per heavy atom. The molecule has 0 atom stereocenters. The van der Waals surface area contributed by atoms with Crippen LogP contribution in [-0.4, -0.2) is 37.6 Å². The summed E-state index contributed by atoms with van der Waals surface area (Å²) in [5.74, 6) is 0. The molecule has 1 fully saturated rings. The highest BCUT2D eigenvalue weighted by Crippen LogP contribution is 2.31. The second-order valence-corrected chi connectivity index (χ2v) is 5.23. The molecular weight excluding hydrogens is 265 g/mol. The van der Waals surface area contributed by atoms with Gasteiger partial charge in [-0.2, -0.15) is 13.2 Å². The Balaban J connectivity index is 1.97. The molecule has 5 heteroatoms. The van der Waals surface area contributed by atoms with E-state index in [0.717, 1.165) is 38.8 Å². The predicted molar refractivity (Wildman–Crippen MR) is 75.0 cm³/mol. The van der Waals surface area contributed by atoms with Crippen molar-refractivity contribution in [2.45, 2.75) is 25.9 Å². The van der Waals surface area contributed by atoms with Crippen molar-refractivity contribution >= 4 is 5.69 Å². The van der Waals surface area contributed by atoms with Crippen LogP contribution in [0.1, 0.15) is 25.3 Å². The number of piperazine rings is 1. The van der Waals surface area contributed by atoms with E-state index in [1.807, 2.05) is 4.90 Å². The van der Waals surface area contributed by atoms with Crippen molar-refractivity contribution in [1.29, 1.82) is 0 Å². The normalized spacial score (nSPS) is 17.5. The van der Waals surface area contributed by atoms with E-state index in [1.54, 1.807) is 6.07 Å². The molecule has 1 aromatic rings. The Bertz CT molecular complexity index is 423. The minimum Gasteiger partial charge on any atom is -0.369 e. The number of rotatable bonds is 4. The zero-order valence-corrected chi connectivity index (χ0v) is 11.8. The largest absolute Gasteiger partial charge is 0.416 e. The molecule has 1 heterocycles. The fraction of sp³-hybridized carbons (Fsp3) is 0.600. The van der Waals surface area contributed by atoms with Crippen molar-refractivity contribution in [3.8, 4) is 0 Å². The van der Waals surface area contributed by atoms with Gasteiger partial charge in [0.25, 0.3) is 0 Å². The third-order valence-electron chi connectivity index (χ3n) is 3.74. The van der Waals surface area contributed by atoms with Crippen molar-refractivity contribution < 1.29 is 13.2 Å². The summed E-state index contributed by atoms with van der Waals surface area (Å²) in [4.78, 5) is 4.42. The van der Waals surface area contributed by atoms with Crippen LogP contribution in [0.15, 0.2) is 24.3 Å². The SMILES string of the molecule is CCCCN1CCN(c2cccc(C(F)(F)F)c2)CC1. The zero-order chi connectivity index (χ0) is 14.6. The highest BCUT2D eigenvalue weighted by Gasteiger charge is 2.31. The first-order valence-electron chi connectivity index (χ1n) is 7.15. The number of alkyl halides is 3. The molecule has 0 bridgehead atoms. The van der Waals surface area contributed by atoms with Crippen LogP contribution >= 0.6 is 0 Å². The van der Waals surface area contributed by atoms with E-state index in [9.17, 15) is 13.2 Å². The van der Waals surface area contributed by atoms with Gasteiger partial charge in [-0.25, -0.2) is 0 Å². The van der Waals surface area contributed by atoms with Crippen molar-refractivity contribution in [1.82, 2.24) is 4.90 Å². The van der Waals surface area contributed by atoms with Gasteiger partial charge in [-0.15, -0.1) is 0 Å². The van der Waals surface area contributed by atoms with Crippen LogP contribution in [0.3, 0.4) is 0 Å². The number of hydrogen-bond donors (Lipinski definition) is 0. The van der Waals surface area contributed by atoms with Gasteiger partial charge >= 0.3 is 6.18 Å². The molecule has 0 radical (unpaired) electrons. The summed E-state index contributed by atoms with van der Waals surface area (Å²) in [6.45, 7) is 6.70. The van der Waals surface area contributed by atoms with E-state index in [1.165, 1.54) is 25.0 Å². The Morgan fingerprint density at radius 1 is 1.10 bits per heavy atom. The Kier molecular flexibility index (Phi) is 4.91. The minimum atomic E-state index is -4.26. The molecule has 0 N–H and O–H groups in total. The van der Waals surface area contributed by atoms with E-state index in [4.69, 9.17) is 0 Å². The second-order valence-electron chi connectivity index (χ2n) is 5.23. The first-order valence-corrected chi connectivity index (χ1v) is 7.15. The van der Waals surface area contributed by atoms with Gasteiger partial charge < -0.3 is 4.90 Å². The van der Waals surface area contributed by atoms with E-state index in [2.05, 4.69) is 11.8 Å². The van der Waals surface area contributed by atoms with Crippen LogP contribution in [0.2, 0.25) is 0 Å². The third kappa shape index (κ3) is 3.88. The van der Waals surface area contributed by atoms with Crippen molar-refractivity contribution in [2.75, 3.05) is 37.6 Å². The first kappa shape index (κ1) is 15.2. The maximum Gasteiger partial charge on any atom is 0.416 e. The van der Waals surface area contributed by atoms with Gasteiger partial charge in [0.2, 0.25) is 0 Å². The van der Waals surface area contributed by atoms with Crippen LogP contribution in [0.5, 0.6) is 0 Å². The maximum absolute atomic E-state index is 12.7. The summed E-state index contributed by atoms with van der Waals surface area (Å²) < 4.78 is 38.1. The van der Waals surface area contributed by atoms with Gasteiger partial charge in [0, 0.05) is 31.9 Å². The lowest BCUT2D eigenvalue weighted by Crippen LogP contribution is -2.46. The van der Waals surface area contributed by atoms with Crippen LogP contribution < -0.4 is 4.90 Å². The summed E-state index contributed by atoms with van der Waals surface area (Å²) >= 11 is 0. The molecule has 112 valence electrons. The van der Waals surface area contributed by atoms with Crippen LogP contribution in [0.25, 0.3) is 0 Å². The molecule has 0 unspecified atom stereocenters. The smallest absolute Gasteiger partial charge is 0.369 e. The van der Waals surface area contributed by atoms with Crippen LogP contribution in [0.4, 0.5) is 18.9 Å². The molecule has 1 aliphatic rings.